The number of rotatable bonds is 3. The van der Waals surface area contributed by atoms with E-state index in [2.05, 4.69) is 4.99 Å². The number of halogens is 2. The SMILES string of the molecule is CCCN(C(=N)N=C(N)N)c1ccc(Cl)cc1Cl. The molecule has 0 unspecified atom stereocenters. The zero-order chi connectivity index (χ0) is 13.7. The van der Waals surface area contributed by atoms with Crippen LogP contribution in [0.4, 0.5) is 5.69 Å². The summed E-state index contributed by atoms with van der Waals surface area (Å²) in [5.74, 6) is -0.215. The fourth-order valence-corrected chi connectivity index (χ4v) is 1.96. The molecule has 0 amide bonds. The molecule has 18 heavy (non-hydrogen) atoms. The molecule has 0 bridgehead atoms. The average molecular weight is 288 g/mol. The third-order valence-electron chi connectivity index (χ3n) is 2.14. The van der Waals surface area contributed by atoms with Gasteiger partial charge in [0.15, 0.2) is 5.96 Å². The van der Waals surface area contributed by atoms with Crippen molar-refractivity contribution in [3.8, 4) is 0 Å². The number of guanidine groups is 2. The van der Waals surface area contributed by atoms with E-state index < -0.39 is 0 Å². The van der Waals surface area contributed by atoms with E-state index in [1.807, 2.05) is 6.92 Å². The van der Waals surface area contributed by atoms with Gasteiger partial charge < -0.3 is 16.4 Å². The topological polar surface area (TPSA) is 91.5 Å². The van der Waals surface area contributed by atoms with E-state index >= 15 is 0 Å². The Morgan fingerprint density at radius 3 is 2.56 bits per heavy atom. The van der Waals surface area contributed by atoms with Crippen LogP contribution in [-0.4, -0.2) is 18.5 Å². The van der Waals surface area contributed by atoms with Gasteiger partial charge in [-0.3, -0.25) is 5.41 Å². The maximum Gasteiger partial charge on any atom is 0.225 e. The average Bonchev–Trinajstić information content (AvgIpc) is 2.25. The molecule has 0 heterocycles. The molecular weight excluding hydrogens is 273 g/mol. The first-order valence-electron chi connectivity index (χ1n) is 5.36. The summed E-state index contributed by atoms with van der Waals surface area (Å²) in [6, 6.07) is 5.05. The van der Waals surface area contributed by atoms with Gasteiger partial charge in [0.1, 0.15) is 0 Å². The molecule has 0 radical (unpaired) electrons. The molecule has 5 nitrogen and oxygen atoms in total. The van der Waals surface area contributed by atoms with Crippen LogP contribution >= 0.6 is 23.2 Å². The molecule has 7 heteroatoms. The Bertz CT molecular complexity index is 469. The Morgan fingerprint density at radius 2 is 2.06 bits per heavy atom. The highest BCUT2D eigenvalue weighted by atomic mass is 35.5. The lowest BCUT2D eigenvalue weighted by Gasteiger charge is -2.23. The molecule has 0 saturated heterocycles. The second kappa shape index (κ2) is 6.47. The summed E-state index contributed by atoms with van der Waals surface area (Å²) in [5.41, 5.74) is 11.2. The zero-order valence-electron chi connectivity index (χ0n) is 9.95. The van der Waals surface area contributed by atoms with E-state index in [4.69, 9.17) is 40.1 Å². The summed E-state index contributed by atoms with van der Waals surface area (Å²) in [6.07, 6.45) is 0.821. The lowest BCUT2D eigenvalue weighted by Crippen LogP contribution is -2.34. The van der Waals surface area contributed by atoms with E-state index in [9.17, 15) is 0 Å². The Hall–Kier alpha value is -1.46. The predicted molar refractivity (Wildman–Crippen MR) is 77.6 cm³/mol. The van der Waals surface area contributed by atoms with Crippen molar-refractivity contribution < 1.29 is 0 Å². The summed E-state index contributed by atoms with van der Waals surface area (Å²) in [5, 5.41) is 8.84. The fraction of sp³-hybridized carbons (Fsp3) is 0.273. The van der Waals surface area contributed by atoms with Crippen LogP contribution < -0.4 is 16.4 Å². The molecule has 0 spiro atoms. The molecule has 0 aliphatic heterocycles. The normalized spacial score (nSPS) is 9.94. The van der Waals surface area contributed by atoms with Crippen LogP contribution in [0.3, 0.4) is 0 Å². The summed E-state index contributed by atoms with van der Waals surface area (Å²) in [7, 11) is 0. The van der Waals surface area contributed by atoms with Crippen molar-refractivity contribution in [3.63, 3.8) is 0 Å². The van der Waals surface area contributed by atoms with Crippen molar-refractivity contribution >= 4 is 40.8 Å². The van der Waals surface area contributed by atoms with E-state index in [1.54, 1.807) is 23.1 Å². The third kappa shape index (κ3) is 3.78. The van der Waals surface area contributed by atoms with Gasteiger partial charge in [-0.05, 0) is 24.6 Å². The molecule has 0 atom stereocenters. The Kier molecular flexibility index (Phi) is 5.25. The van der Waals surface area contributed by atoms with Gasteiger partial charge in [0.25, 0.3) is 0 Å². The van der Waals surface area contributed by atoms with Gasteiger partial charge in [-0.15, -0.1) is 0 Å². The van der Waals surface area contributed by atoms with Crippen LogP contribution in [0.5, 0.6) is 0 Å². The highest BCUT2D eigenvalue weighted by molar-refractivity contribution is 6.36. The number of aliphatic imine (C=N–C) groups is 1. The lowest BCUT2D eigenvalue weighted by atomic mass is 10.2. The molecular formula is C11H15Cl2N5. The lowest BCUT2D eigenvalue weighted by molar-refractivity contribution is 0.893. The third-order valence-corrected chi connectivity index (χ3v) is 2.68. The second-order valence-corrected chi connectivity index (χ2v) is 4.45. The highest BCUT2D eigenvalue weighted by Crippen LogP contribution is 2.29. The maximum absolute atomic E-state index is 7.85. The molecule has 0 aliphatic rings. The quantitative estimate of drug-likeness (QED) is 0.589. The zero-order valence-corrected chi connectivity index (χ0v) is 11.5. The fourth-order valence-electron chi connectivity index (χ4n) is 1.45. The van der Waals surface area contributed by atoms with E-state index in [0.29, 0.717) is 22.3 Å². The number of benzene rings is 1. The van der Waals surface area contributed by atoms with Gasteiger partial charge in [-0.2, -0.15) is 4.99 Å². The van der Waals surface area contributed by atoms with Gasteiger partial charge in [-0.25, -0.2) is 0 Å². The molecule has 5 N–H and O–H groups in total. The highest BCUT2D eigenvalue weighted by Gasteiger charge is 2.14. The summed E-state index contributed by atoms with van der Waals surface area (Å²) in [6.45, 7) is 2.57. The van der Waals surface area contributed by atoms with Crippen molar-refractivity contribution in [1.82, 2.24) is 0 Å². The molecule has 1 rings (SSSR count). The van der Waals surface area contributed by atoms with Crippen molar-refractivity contribution in [3.05, 3.63) is 28.2 Å². The molecule has 1 aromatic carbocycles. The summed E-state index contributed by atoms with van der Waals surface area (Å²) in [4.78, 5) is 5.35. The van der Waals surface area contributed by atoms with Crippen LogP contribution in [0, 0.1) is 5.41 Å². The Balaban J connectivity index is 3.11. The first-order chi connectivity index (χ1) is 8.45. The van der Waals surface area contributed by atoms with Crippen molar-refractivity contribution in [1.29, 1.82) is 5.41 Å². The van der Waals surface area contributed by atoms with Gasteiger partial charge >= 0.3 is 0 Å². The number of nitrogens with zero attached hydrogens (tertiary/aromatic N) is 2. The minimum atomic E-state index is -0.161. The number of hydrogen-bond donors (Lipinski definition) is 3. The van der Waals surface area contributed by atoms with E-state index in [1.165, 1.54) is 0 Å². The molecule has 0 aromatic heterocycles. The number of nitrogens with two attached hydrogens (primary N) is 2. The minimum Gasteiger partial charge on any atom is -0.370 e. The second-order valence-electron chi connectivity index (χ2n) is 3.61. The first kappa shape index (κ1) is 14.6. The molecule has 0 aliphatic carbocycles. The largest absolute Gasteiger partial charge is 0.370 e. The van der Waals surface area contributed by atoms with Gasteiger partial charge in [0.05, 0.1) is 10.7 Å². The van der Waals surface area contributed by atoms with Crippen molar-refractivity contribution in [2.45, 2.75) is 13.3 Å². The maximum atomic E-state index is 7.85. The molecule has 98 valence electrons. The van der Waals surface area contributed by atoms with Crippen molar-refractivity contribution in [2.24, 2.45) is 16.5 Å². The Labute approximate surface area is 116 Å². The predicted octanol–water partition coefficient (Wildman–Crippen LogP) is 2.42. The number of anilines is 1. The first-order valence-corrected chi connectivity index (χ1v) is 6.12. The van der Waals surface area contributed by atoms with Gasteiger partial charge in [0, 0.05) is 11.6 Å². The van der Waals surface area contributed by atoms with E-state index in [-0.39, 0.29) is 11.9 Å². The van der Waals surface area contributed by atoms with Crippen LogP contribution in [-0.2, 0) is 0 Å². The monoisotopic (exact) mass is 287 g/mol. The summed E-state index contributed by atoms with van der Waals surface area (Å²) >= 11 is 11.9. The Morgan fingerprint density at radius 1 is 1.39 bits per heavy atom. The van der Waals surface area contributed by atoms with Gasteiger partial charge in [0.2, 0.25) is 5.96 Å². The minimum absolute atomic E-state index is 0.0546. The van der Waals surface area contributed by atoms with E-state index in [0.717, 1.165) is 6.42 Å². The van der Waals surface area contributed by atoms with Gasteiger partial charge in [-0.1, -0.05) is 30.1 Å². The standard InChI is InChI=1S/C11H15Cl2N5/c1-2-5-18(11(16)17-10(14)15)9-4-3-7(12)6-8(9)13/h3-4,6H,2,5H2,1H3,(H5,14,15,16,17). The smallest absolute Gasteiger partial charge is 0.225 e. The number of nitrogens with one attached hydrogen (secondary N) is 1. The number of hydrogen-bond acceptors (Lipinski definition) is 1. The molecule has 0 fully saturated rings. The van der Waals surface area contributed by atoms with Crippen LogP contribution in [0.25, 0.3) is 0 Å². The van der Waals surface area contributed by atoms with Crippen LogP contribution in [0.1, 0.15) is 13.3 Å². The van der Waals surface area contributed by atoms with Crippen LogP contribution in [0.2, 0.25) is 10.0 Å². The van der Waals surface area contributed by atoms with Crippen LogP contribution in [0.15, 0.2) is 23.2 Å². The molecule has 1 aromatic rings. The molecule has 0 saturated carbocycles. The van der Waals surface area contributed by atoms with Crippen molar-refractivity contribution in [2.75, 3.05) is 11.4 Å². The summed E-state index contributed by atoms with van der Waals surface area (Å²) < 4.78 is 0.